The van der Waals surface area contributed by atoms with Crippen molar-refractivity contribution in [2.75, 3.05) is 13.1 Å². The third kappa shape index (κ3) is 4.73. The number of nitrogens with one attached hydrogen (secondary N) is 1. The molecule has 12 heavy (non-hydrogen) atoms. The van der Waals surface area contributed by atoms with Gasteiger partial charge in [0.25, 0.3) is 0 Å². The molecule has 2 heteroatoms. The number of nitrogens with two attached hydrogens (primary N) is 1. The molecule has 1 fully saturated rings. The maximum absolute atomic E-state index is 5.41. The van der Waals surface area contributed by atoms with Crippen molar-refractivity contribution in [3.05, 3.63) is 0 Å². The summed E-state index contributed by atoms with van der Waals surface area (Å²) in [5.74, 6) is 1.04. The molecule has 0 radical (unpaired) electrons. The lowest BCUT2D eigenvalue weighted by molar-refractivity contribution is 0.479. The Hall–Kier alpha value is -0.0800. The molecule has 1 rings (SSSR count). The topological polar surface area (TPSA) is 38.0 Å². The Morgan fingerprint density at radius 1 is 1.42 bits per heavy atom. The molecule has 0 aromatic rings. The summed E-state index contributed by atoms with van der Waals surface area (Å²) in [6, 6.07) is 0.718. The van der Waals surface area contributed by atoms with E-state index in [0.29, 0.717) is 0 Å². The highest BCUT2D eigenvalue weighted by atomic mass is 14.9. The van der Waals surface area contributed by atoms with E-state index in [1.165, 1.54) is 25.7 Å². The summed E-state index contributed by atoms with van der Waals surface area (Å²) in [6.45, 7) is 4.27. The molecule has 0 aliphatic heterocycles. The van der Waals surface area contributed by atoms with E-state index in [1.54, 1.807) is 0 Å². The lowest BCUT2D eigenvalue weighted by atomic mass is 10.1. The molecule has 2 nitrogen and oxygen atoms in total. The molecule has 1 atom stereocenters. The van der Waals surface area contributed by atoms with Gasteiger partial charge < -0.3 is 11.1 Å². The van der Waals surface area contributed by atoms with E-state index in [2.05, 4.69) is 12.2 Å². The van der Waals surface area contributed by atoms with Gasteiger partial charge >= 0.3 is 0 Å². The number of unbranched alkanes of at least 4 members (excludes halogenated alkanes) is 1. The molecule has 0 saturated heterocycles. The molecule has 72 valence electrons. The Balaban J connectivity index is 1.83. The summed E-state index contributed by atoms with van der Waals surface area (Å²) in [5, 5.41) is 3.53. The quantitative estimate of drug-likeness (QED) is 0.568. The highest BCUT2D eigenvalue weighted by Crippen LogP contribution is 2.33. The first-order valence-electron chi connectivity index (χ1n) is 5.26. The van der Waals surface area contributed by atoms with Crippen LogP contribution in [-0.2, 0) is 0 Å². The minimum atomic E-state index is 0.718. The Kier molecular flexibility index (Phi) is 4.62. The SMILES string of the molecule is CC(CC1CC1)NCCCCN. The first-order valence-corrected chi connectivity index (χ1v) is 5.26. The fraction of sp³-hybridized carbons (Fsp3) is 1.00. The third-order valence-corrected chi connectivity index (χ3v) is 2.51. The van der Waals surface area contributed by atoms with E-state index in [9.17, 15) is 0 Å². The van der Waals surface area contributed by atoms with Crippen LogP contribution in [0.25, 0.3) is 0 Å². The van der Waals surface area contributed by atoms with Crippen LogP contribution in [-0.4, -0.2) is 19.1 Å². The second-order valence-corrected chi connectivity index (χ2v) is 4.03. The molecule has 0 spiro atoms. The largest absolute Gasteiger partial charge is 0.330 e. The monoisotopic (exact) mass is 170 g/mol. The average Bonchev–Trinajstić information content (AvgIpc) is 2.82. The molecule has 1 aliphatic rings. The van der Waals surface area contributed by atoms with Crippen molar-refractivity contribution < 1.29 is 0 Å². The van der Waals surface area contributed by atoms with Crippen molar-refractivity contribution >= 4 is 0 Å². The van der Waals surface area contributed by atoms with Gasteiger partial charge in [-0.25, -0.2) is 0 Å². The van der Waals surface area contributed by atoms with Crippen LogP contribution < -0.4 is 11.1 Å². The van der Waals surface area contributed by atoms with Crippen LogP contribution in [0, 0.1) is 5.92 Å². The average molecular weight is 170 g/mol. The molecule has 0 heterocycles. The summed E-state index contributed by atoms with van der Waals surface area (Å²) in [7, 11) is 0. The zero-order chi connectivity index (χ0) is 8.81. The van der Waals surface area contributed by atoms with Crippen LogP contribution in [0.5, 0.6) is 0 Å². The van der Waals surface area contributed by atoms with Crippen molar-refractivity contribution in [1.29, 1.82) is 0 Å². The first kappa shape index (κ1) is 10.0. The molecular weight excluding hydrogens is 148 g/mol. The van der Waals surface area contributed by atoms with E-state index in [4.69, 9.17) is 5.73 Å². The van der Waals surface area contributed by atoms with Crippen LogP contribution in [0.4, 0.5) is 0 Å². The molecule has 1 saturated carbocycles. The normalized spacial score (nSPS) is 19.5. The van der Waals surface area contributed by atoms with Crippen molar-refractivity contribution in [2.45, 2.75) is 45.1 Å². The van der Waals surface area contributed by atoms with Gasteiger partial charge in [0.1, 0.15) is 0 Å². The minimum absolute atomic E-state index is 0.718. The molecule has 0 amide bonds. The highest BCUT2D eigenvalue weighted by molar-refractivity contribution is 4.77. The molecular formula is C10H22N2. The molecule has 0 aromatic carbocycles. The van der Waals surface area contributed by atoms with Gasteiger partial charge in [-0.1, -0.05) is 12.8 Å². The predicted octanol–water partition coefficient (Wildman–Crippen LogP) is 1.50. The van der Waals surface area contributed by atoms with E-state index in [1.807, 2.05) is 0 Å². The Bertz CT molecular complexity index is 110. The van der Waals surface area contributed by atoms with Gasteiger partial charge in [0.15, 0.2) is 0 Å². The maximum atomic E-state index is 5.41. The van der Waals surface area contributed by atoms with Gasteiger partial charge in [-0.15, -0.1) is 0 Å². The number of hydrogen-bond donors (Lipinski definition) is 2. The maximum Gasteiger partial charge on any atom is 0.00413 e. The second kappa shape index (κ2) is 5.55. The summed E-state index contributed by atoms with van der Waals surface area (Å²) in [6.07, 6.45) is 6.70. The van der Waals surface area contributed by atoms with Crippen molar-refractivity contribution in [2.24, 2.45) is 11.7 Å². The van der Waals surface area contributed by atoms with Crippen LogP contribution in [0.3, 0.4) is 0 Å². The lowest BCUT2D eigenvalue weighted by Crippen LogP contribution is -2.27. The Morgan fingerprint density at radius 3 is 2.75 bits per heavy atom. The molecule has 0 bridgehead atoms. The van der Waals surface area contributed by atoms with Crippen molar-refractivity contribution in [1.82, 2.24) is 5.32 Å². The Labute approximate surface area is 75.9 Å². The zero-order valence-corrected chi connectivity index (χ0v) is 8.18. The fourth-order valence-electron chi connectivity index (χ4n) is 1.55. The van der Waals surface area contributed by atoms with Gasteiger partial charge in [0.2, 0.25) is 0 Å². The third-order valence-electron chi connectivity index (χ3n) is 2.51. The number of hydrogen-bond acceptors (Lipinski definition) is 2. The summed E-state index contributed by atoms with van der Waals surface area (Å²) in [5.41, 5.74) is 5.41. The lowest BCUT2D eigenvalue weighted by Gasteiger charge is -2.12. The van der Waals surface area contributed by atoms with Gasteiger partial charge in [0.05, 0.1) is 0 Å². The summed E-state index contributed by atoms with van der Waals surface area (Å²) < 4.78 is 0. The van der Waals surface area contributed by atoms with Crippen molar-refractivity contribution in [3.63, 3.8) is 0 Å². The Morgan fingerprint density at radius 2 is 2.17 bits per heavy atom. The minimum Gasteiger partial charge on any atom is -0.330 e. The van der Waals surface area contributed by atoms with Crippen LogP contribution in [0.2, 0.25) is 0 Å². The second-order valence-electron chi connectivity index (χ2n) is 4.03. The zero-order valence-electron chi connectivity index (χ0n) is 8.18. The standard InChI is InChI=1S/C10H22N2/c1-9(8-10-4-5-10)12-7-3-2-6-11/h9-10,12H,2-8,11H2,1H3. The van der Waals surface area contributed by atoms with E-state index in [-0.39, 0.29) is 0 Å². The van der Waals surface area contributed by atoms with E-state index >= 15 is 0 Å². The summed E-state index contributed by atoms with van der Waals surface area (Å²) >= 11 is 0. The van der Waals surface area contributed by atoms with Gasteiger partial charge in [0, 0.05) is 6.04 Å². The van der Waals surface area contributed by atoms with Crippen LogP contribution in [0.15, 0.2) is 0 Å². The summed E-state index contributed by atoms with van der Waals surface area (Å²) in [4.78, 5) is 0. The number of rotatable bonds is 7. The molecule has 1 aliphatic carbocycles. The molecule has 3 N–H and O–H groups in total. The smallest absolute Gasteiger partial charge is 0.00413 e. The fourth-order valence-corrected chi connectivity index (χ4v) is 1.55. The van der Waals surface area contributed by atoms with Gasteiger partial charge in [-0.2, -0.15) is 0 Å². The first-order chi connectivity index (χ1) is 5.83. The molecule has 0 aromatic heterocycles. The van der Waals surface area contributed by atoms with Crippen LogP contribution >= 0.6 is 0 Å². The van der Waals surface area contributed by atoms with Crippen molar-refractivity contribution in [3.8, 4) is 0 Å². The van der Waals surface area contributed by atoms with E-state index < -0.39 is 0 Å². The van der Waals surface area contributed by atoms with Crippen LogP contribution in [0.1, 0.15) is 39.0 Å². The van der Waals surface area contributed by atoms with E-state index in [0.717, 1.165) is 31.5 Å². The van der Waals surface area contributed by atoms with Gasteiger partial charge in [-0.05, 0) is 45.2 Å². The predicted molar refractivity (Wildman–Crippen MR) is 53.1 cm³/mol. The highest BCUT2D eigenvalue weighted by Gasteiger charge is 2.22. The molecule has 1 unspecified atom stereocenters. The van der Waals surface area contributed by atoms with Gasteiger partial charge in [-0.3, -0.25) is 0 Å².